The molecule has 0 bridgehead atoms. The van der Waals surface area contributed by atoms with Gasteiger partial charge in [0.1, 0.15) is 0 Å². The lowest BCUT2D eigenvalue weighted by Gasteiger charge is -2.31. The predicted octanol–water partition coefficient (Wildman–Crippen LogP) is 3.07. The zero-order chi connectivity index (χ0) is 11.4. The SMILES string of the molecule is CC1(C(F)(F)C(F)(F)C(F)(F)I)CO1. The highest BCUT2D eigenvalue weighted by Crippen LogP contribution is 2.57. The summed E-state index contributed by atoms with van der Waals surface area (Å²) in [5.41, 5.74) is -2.48. The Balaban J connectivity index is 3.03. The Labute approximate surface area is 88.9 Å². The lowest BCUT2D eigenvalue weighted by molar-refractivity contribution is -0.290. The number of epoxide rings is 1. The Hall–Kier alpha value is 0.270. The first kappa shape index (κ1) is 12.3. The van der Waals surface area contributed by atoms with Gasteiger partial charge in [0, 0.05) is 22.6 Å². The van der Waals surface area contributed by atoms with Crippen molar-refractivity contribution in [1.82, 2.24) is 0 Å². The Morgan fingerprint density at radius 2 is 1.50 bits per heavy atom. The van der Waals surface area contributed by atoms with Gasteiger partial charge >= 0.3 is 15.8 Å². The van der Waals surface area contributed by atoms with Crippen molar-refractivity contribution in [2.75, 3.05) is 6.61 Å². The third kappa shape index (κ3) is 1.50. The second-order valence-corrected chi connectivity index (χ2v) is 4.52. The molecule has 1 aliphatic rings. The quantitative estimate of drug-likeness (QED) is 0.335. The van der Waals surface area contributed by atoms with Gasteiger partial charge < -0.3 is 4.74 Å². The average Bonchev–Trinajstić information content (AvgIpc) is 2.66. The maximum atomic E-state index is 12.9. The molecule has 1 heterocycles. The molecule has 0 N–H and O–H groups in total. The Bertz CT molecular complexity index is 228. The topological polar surface area (TPSA) is 12.5 Å². The lowest BCUT2D eigenvalue weighted by atomic mass is 9.98. The summed E-state index contributed by atoms with van der Waals surface area (Å²) in [6.45, 7) is 0.0194. The van der Waals surface area contributed by atoms with E-state index < -0.39 is 28.0 Å². The summed E-state index contributed by atoms with van der Waals surface area (Å²) in [6, 6.07) is 0. The van der Waals surface area contributed by atoms with E-state index in [-0.39, 0.29) is 22.6 Å². The van der Waals surface area contributed by atoms with Crippen molar-refractivity contribution in [2.45, 2.75) is 28.3 Å². The van der Waals surface area contributed by atoms with Crippen LogP contribution in [0.3, 0.4) is 0 Å². The molecule has 1 atom stereocenters. The van der Waals surface area contributed by atoms with Gasteiger partial charge in [-0.25, -0.2) is 0 Å². The Kier molecular flexibility index (Phi) is 2.55. The molecule has 1 fully saturated rings. The van der Waals surface area contributed by atoms with Crippen LogP contribution in [0.15, 0.2) is 0 Å². The minimum atomic E-state index is -5.42. The van der Waals surface area contributed by atoms with E-state index in [1.54, 1.807) is 0 Å². The zero-order valence-corrected chi connectivity index (χ0v) is 8.92. The molecule has 1 rings (SSSR count). The molecule has 0 aliphatic carbocycles. The maximum absolute atomic E-state index is 12.9. The lowest BCUT2D eigenvalue weighted by Crippen LogP contribution is -2.58. The van der Waals surface area contributed by atoms with Gasteiger partial charge in [-0.05, 0) is 6.92 Å². The largest absolute Gasteiger partial charge is 0.384 e. The summed E-state index contributed by atoms with van der Waals surface area (Å²) in [5, 5.41) is 0. The molecule has 1 nitrogen and oxygen atoms in total. The first-order chi connectivity index (χ1) is 5.96. The molecule has 0 amide bonds. The summed E-state index contributed by atoms with van der Waals surface area (Å²) in [5.74, 6) is -10.3. The molecule has 1 aliphatic heterocycles. The molecular weight excluding hydrogens is 329 g/mol. The number of ether oxygens (including phenoxy) is 1. The van der Waals surface area contributed by atoms with Gasteiger partial charge in [-0.2, -0.15) is 26.3 Å². The van der Waals surface area contributed by atoms with E-state index in [1.807, 2.05) is 0 Å². The van der Waals surface area contributed by atoms with Crippen LogP contribution in [0.1, 0.15) is 6.92 Å². The van der Waals surface area contributed by atoms with E-state index in [0.717, 1.165) is 0 Å². The molecule has 0 aromatic rings. The second-order valence-electron chi connectivity index (χ2n) is 3.17. The van der Waals surface area contributed by atoms with E-state index in [0.29, 0.717) is 6.92 Å². The summed E-state index contributed by atoms with van der Waals surface area (Å²) in [4.78, 5) is 0. The van der Waals surface area contributed by atoms with Crippen molar-refractivity contribution < 1.29 is 31.1 Å². The smallest absolute Gasteiger partial charge is 0.363 e. The fourth-order valence-electron chi connectivity index (χ4n) is 0.800. The highest BCUT2D eigenvalue weighted by Gasteiger charge is 2.80. The number of hydrogen-bond donors (Lipinski definition) is 0. The predicted molar refractivity (Wildman–Crippen MR) is 43.2 cm³/mol. The van der Waals surface area contributed by atoms with Crippen LogP contribution in [0, 0.1) is 0 Å². The van der Waals surface area contributed by atoms with Crippen LogP contribution in [-0.2, 0) is 4.74 Å². The molecule has 0 aromatic carbocycles. The van der Waals surface area contributed by atoms with Crippen molar-refractivity contribution in [3.05, 3.63) is 0 Å². The van der Waals surface area contributed by atoms with Crippen molar-refractivity contribution in [2.24, 2.45) is 0 Å². The fraction of sp³-hybridized carbons (Fsp3) is 1.00. The van der Waals surface area contributed by atoms with Gasteiger partial charge in [0.05, 0.1) is 6.61 Å². The third-order valence-corrected chi connectivity index (χ3v) is 2.67. The van der Waals surface area contributed by atoms with Gasteiger partial charge in [0.25, 0.3) is 0 Å². The molecule has 0 aromatic heterocycles. The van der Waals surface area contributed by atoms with Crippen molar-refractivity contribution in [3.63, 3.8) is 0 Å². The molecule has 0 radical (unpaired) electrons. The second kappa shape index (κ2) is 2.89. The molecular formula is C6H5F6IO. The van der Waals surface area contributed by atoms with Crippen LogP contribution in [0.25, 0.3) is 0 Å². The van der Waals surface area contributed by atoms with Gasteiger partial charge in [0.2, 0.25) is 0 Å². The zero-order valence-electron chi connectivity index (χ0n) is 6.76. The third-order valence-electron chi connectivity index (χ3n) is 1.99. The number of halogens is 7. The maximum Gasteiger partial charge on any atom is 0.384 e. The highest BCUT2D eigenvalue weighted by molar-refractivity contribution is 14.1. The number of hydrogen-bond acceptors (Lipinski definition) is 1. The van der Waals surface area contributed by atoms with Crippen LogP contribution in [-0.4, -0.2) is 28.0 Å². The first-order valence-electron chi connectivity index (χ1n) is 3.42. The highest BCUT2D eigenvalue weighted by atomic mass is 127. The Morgan fingerprint density at radius 3 is 1.71 bits per heavy atom. The minimum absolute atomic E-state index is 0.00650. The van der Waals surface area contributed by atoms with Gasteiger partial charge in [-0.15, -0.1) is 0 Å². The van der Waals surface area contributed by atoms with E-state index in [1.165, 1.54) is 0 Å². The fourth-order valence-corrected chi connectivity index (χ4v) is 1.14. The van der Waals surface area contributed by atoms with Crippen molar-refractivity contribution >= 4 is 22.6 Å². The van der Waals surface area contributed by atoms with Crippen LogP contribution in [0.4, 0.5) is 26.3 Å². The summed E-state index contributed by atoms with van der Waals surface area (Å²) < 4.78 is 74.9. The normalized spacial score (nSPS) is 29.1. The van der Waals surface area contributed by atoms with E-state index in [2.05, 4.69) is 4.74 Å². The molecule has 14 heavy (non-hydrogen) atoms. The molecule has 8 heteroatoms. The molecule has 0 saturated carbocycles. The van der Waals surface area contributed by atoms with Crippen LogP contribution >= 0.6 is 22.6 Å². The Morgan fingerprint density at radius 1 is 1.14 bits per heavy atom. The standard InChI is InChI=1S/C6H5F6IO/c1-3(2-14-3)4(7,8)5(9,10)6(11,12)13/h2H2,1H3. The van der Waals surface area contributed by atoms with Crippen molar-refractivity contribution in [1.29, 1.82) is 0 Å². The summed E-state index contributed by atoms with van der Waals surface area (Å²) in [7, 11) is 0. The van der Waals surface area contributed by atoms with E-state index in [4.69, 9.17) is 0 Å². The molecule has 1 unspecified atom stereocenters. The number of alkyl halides is 7. The van der Waals surface area contributed by atoms with E-state index >= 15 is 0 Å². The monoisotopic (exact) mass is 334 g/mol. The molecule has 84 valence electrons. The van der Waals surface area contributed by atoms with E-state index in [9.17, 15) is 26.3 Å². The first-order valence-corrected chi connectivity index (χ1v) is 4.50. The average molecular weight is 334 g/mol. The van der Waals surface area contributed by atoms with Crippen molar-refractivity contribution in [3.8, 4) is 0 Å². The summed E-state index contributed by atoms with van der Waals surface area (Å²) in [6.07, 6.45) is 0. The van der Waals surface area contributed by atoms with Crippen LogP contribution < -0.4 is 0 Å². The van der Waals surface area contributed by atoms with Gasteiger partial charge in [-0.3, -0.25) is 0 Å². The van der Waals surface area contributed by atoms with Crippen LogP contribution in [0.2, 0.25) is 0 Å². The molecule has 0 spiro atoms. The number of rotatable bonds is 3. The van der Waals surface area contributed by atoms with Gasteiger partial charge in [-0.1, -0.05) is 0 Å². The minimum Gasteiger partial charge on any atom is -0.363 e. The summed E-state index contributed by atoms with van der Waals surface area (Å²) >= 11 is -0.00650. The molecule has 1 saturated heterocycles. The van der Waals surface area contributed by atoms with Crippen LogP contribution in [0.5, 0.6) is 0 Å². The van der Waals surface area contributed by atoms with Gasteiger partial charge in [0.15, 0.2) is 5.60 Å².